The summed E-state index contributed by atoms with van der Waals surface area (Å²) in [5, 5.41) is 17.7. The lowest BCUT2D eigenvalue weighted by atomic mass is 9.75. The van der Waals surface area contributed by atoms with Gasteiger partial charge in [0.05, 0.1) is 4.92 Å². The Morgan fingerprint density at radius 3 is 2.66 bits per heavy atom. The lowest BCUT2D eigenvalue weighted by molar-refractivity contribution is -0.384. The van der Waals surface area contributed by atoms with Gasteiger partial charge >= 0.3 is 0 Å². The first-order valence-electron chi connectivity index (χ1n) is 10.3. The molecule has 2 aromatic rings. The summed E-state index contributed by atoms with van der Waals surface area (Å²) in [5.74, 6) is -1.15. The summed E-state index contributed by atoms with van der Waals surface area (Å²) >= 11 is 6.02. The normalized spacial score (nSPS) is 18.2. The van der Waals surface area contributed by atoms with E-state index >= 15 is 0 Å². The molecule has 4 rings (SSSR count). The molecule has 0 bridgehead atoms. The van der Waals surface area contributed by atoms with Crippen LogP contribution in [0.2, 0.25) is 5.02 Å². The Labute approximate surface area is 190 Å². The van der Waals surface area contributed by atoms with Crippen LogP contribution in [0, 0.1) is 17.0 Å². The average Bonchev–Trinajstić information content (AvgIpc) is 2.74. The number of dihydropyridines is 1. The van der Waals surface area contributed by atoms with Crippen LogP contribution >= 0.6 is 11.6 Å². The quantitative estimate of drug-likeness (QED) is 0.493. The van der Waals surface area contributed by atoms with Crippen molar-refractivity contribution >= 4 is 34.7 Å². The first-order chi connectivity index (χ1) is 15.3. The fraction of sp³-hybridized carbons (Fsp3) is 0.250. The van der Waals surface area contributed by atoms with E-state index in [1.54, 1.807) is 19.1 Å². The number of nitrogens with one attached hydrogen (secondary N) is 2. The molecule has 0 saturated heterocycles. The number of hydrogen-bond donors (Lipinski definition) is 2. The molecule has 0 spiro atoms. The molecular weight excluding hydrogens is 430 g/mol. The number of para-hydroxylation sites is 1. The van der Waals surface area contributed by atoms with Crippen LogP contribution in [0.4, 0.5) is 11.4 Å². The topological polar surface area (TPSA) is 101 Å². The van der Waals surface area contributed by atoms with Crippen molar-refractivity contribution in [2.24, 2.45) is 0 Å². The standard InChI is InChI=1S/C24H22ClN3O4/c1-13-6-3-4-7-17(13)27-24(30)21-14(2)26-18-8-5-9-20(29)23(18)22(21)15-10-11-16(25)19(12-15)28(31)32/h3-4,6-7,10-12,22,26H,5,8-9H2,1-2H3,(H,27,30)/t22-/m0/s1. The van der Waals surface area contributed by atoms with E-state index < -0.39 is 10.8 Å². The number of nitro benzene ring substituents is 1. The molecule has 2 aromatic carbocycles. The van der Waals surface area contributed by atoms with Gasteiger partial charge in [-0.05, 0) is 49.9 Å². The third-order valence-corrected chi connectivity index (χ3v) is 6.23. The molecule has 1 aliphatic carbocycles. The van der Waals surface area contributed by atoms with Crippen LogP contribution in [0.15, 0.2) is 65.0 Å². The first-order valence-corrected chi connectivity index (χ1v) is 10.7. The molecule has 2 N–H and O–H groups in total. The van der Waals surface area contributed by atoms with Gasteiger partial charge in [-0.2, -0.15) is 0 Å². The predicted molar refractivity (Wildman–Crippen MR) is 122 cm³/mol. The molecule has 8 heteroatoms. The van der Waals surface area contributed by atoms with E-state index in [9.17, 15) is 19.7 Å². The van der Waals surface area contributed by atoms with Crippen LogP contribution in [0.25, 0.3) is 0 Å². The van der Waals surface area contributed by atoms with Crippen molar-refractivity contribution in [3.63, 3.8) is 0 Å². The third kappa shape index (κ3) is 3.91. The summed E-state index contributed by atoms with van der Waals surface area (Å²) in [5.41, 5.74) is 4.03. The van der Waals surface area contributed by atoms with Gasteiger partial charge < -0.3 is 10.6 Å². The molecule has 1 amide bonds. The number of rotatable bonds is 4. The number of allylic oxidation sites excluding steroid dienone is 3. The highest BCUT2D eigenvalue weighted by molar-refractivity contribution is 6.32. The molecular formula is C24H22ClN3O4. The van der Waals surface area contributed by atoms with Gasteiger partial charge in [-0.1, -0.05) is 35.9 Å². The number of Topliss-reactive ketones (excluding diaryl/α,β-unsaturated/α-hetero) is 1. The van der Waals surface area contributed by atoms with Gasteiger partial charge in [-0.15, -0.1) is 0 Å². The minimum atomic E-state index is -0.723. The van der Waals surface area contributed by atoms with Crippen molar-refractivity contribution in [2.75, 3.05) is 5.32 Å². The first kappa shape index (κ1) is 21.8. The predicted octanol–water partition coefficient (Wildman–Crippen LogP) is 5.16. The Hall–Kier alpha value is -3.45. The molecule has 1 aliphatic heterocycles. The lowest BCUT2D eigenvalue weighted by Gasteiger charge is -2.34. The van der Waals surface area contributed by atoms with Gasteiger partial charge in [-0.3, -0.25) is 19.7 Å². The summed E-state index contributed by atoms with van der Waals surface area (Å²) in [6.45, 7) is 3.67. The molecule has 32 heavy (non-hydrogen) atoms. The molecule has 2 aliphatic rings. The second-order valence-corrected chi connectivity index (χ2v) is 8.41. The Morgan fingerprint density at radius 1 is 1.19 bits per heavy atom. The van der Waals surface area contributed by atoms with Gasteiger partial charge in [0, 0.05) is 46.6 Å². The van der Waals surface area contributed by atoms with Crippen molar-refractivity contribution in [1.82, 2.24) is 5.32 Å². The van der Waals surface area contributed by atoms with Gasteiger partial charge in [0.1, 0.15) is 5.02 Å². The summed E-state index contributed by atoms with van der Waals surface area (Å²) in [6.07, 6.45) is 1.77. The van der Waals surface area contributed by atoms with Crippen molar-refractivity contribution in [3.8, 4) is 0 Å². The fourth-order valence-electron chi connectivity index (χ4n) is 4.37. The number of carbonyl (C=O) groups excluding carboxylic acids is 2. The van der Waals surface area contributed by atoms with E-state index in [-0.39, 0.29) is 22.4 Å². The van der Waals surface area contributed by atoms with E-state index in [0.29, 0.717) is 40.9 Å². The van der Waals surface area contributed by atoms with Crippen LogP contribution < -0.4 is 10.6 Å². The summed E-state index contributed by atoms with van der Waals surface area (Å²) < 4.78 is 0. The number of amides is 1. The number of nitrogens with zero attached hydrogens (tertiary/aromatic N) is 1. The smallest absolute Gasteiger partial charge is 0.288 e. The Balaban J connectivity index is 1.85. The minimum Gasteiger partial charge on any atom is -0.362 e. The maximum atomic E-state index is 13.5. The zero-order valence-electron chi connectivity index (χ0n) is 17.7. The number of ketones is 1. The Bertz CT molecular complexity index is 1220. The Morgan fingerprint density at radius 2 is 1.94 bits per heavy atom. The van der Waals surface area contributed by atoms with Gasteiger partial charge in [0.2, 0.25) is 0 Å². The molecule has 0 unspecified atom stereocenters. The number of anilines is 1. The number of benzene rings is 2. The SMILES string of the molecule is CC1=C(C(=O)Nc2ccccc2C)[C@H](c2ccc(Cl)c([N+](=O)[O-])c2)C2=C(CCCC2=O)N1. The van der Waals surface area contributed by atoms with Gasteiger partial charge in [-0.25, -0.2) is 0 Å². The molecule has 1 heterocycles. The van der Waals surface area contributed by atoms with Crippen LogP contribution in [0.3, 0.4) is 0 Å². The summed E-state index contributed by atoms with van der Waals surface area (Å²) in [7, 11) is 0. The van der Waals surface area contributed by atoms with E-state index in [4.69, 9.17) is 11.6 Å². The number of halogens is 1. The summed E-state index contributed by atoms with van der Waals surface area (Å²) in [6, 6.07) is 11.8. The molecule has 164 valence electrons. The van der Waals surface area contributed by atoms with Crippen LogP contribution in [0.5, 0.6) is 0 Å². The highest BCUT2D eigenvalue weighted by Crippen LogP contribution is 2.44. The van der Waals surface area contributed by atoms with Crippen LogP contribution in [0.1, 0.15) is 43.2 Å². The molecule has 1 atom stereocenters. The highest BCUT2D eigenvalue weighted by Gasteiger charge is 2.39. The fourth-order valence-corrected chi connectivity index (χ4v) is 4.56. The van der Waals surface area contributed by atoms with Gasteiger partial charge in [0.15, 0.2) is 5.78 Å². The maximum absolute atomic E-state index is 13.5. The second-order valence-electron chi connectivity index (χ2n) is 8.00. The van der Waals surface area contributed by atoms with Crippen LogP contribution in [-0.2, 0) is 9.59 Å². The number of hydrogen-bond acceptors (Lipinski definition) is 5. The highest BCUT2D eigenvalue weighted by atomic mass is 35.5. The van der Waals surface area contributed by atoms with E-state index in [0.717, 1.165) is 17.7 Å². The molecule has 0 radical (unpaired) electrons. The average molecular weight is 452 g/mol. The zero-order chi connectivity index (χ0) is 23.0. The van der Waals surface area contributed by atoms with Crippen molar-refractivity contribution in [3.05, 3.63) is 91.3 Å². The largest absolute Gasteiger partial charge is 0.362 e. The van der Waals surface area contributed by atoms with Crippen LogP contribution in [-0.4, -0.2) is 16.6 Å². The van der Waals surface area contributed by atoms with E-state index in [2.05, 4.69) is 10.6 Å². The number of nitro groups is 1. The zero-order valence-corrected chi connectivity index (χ0v) is 18.5. The number of aryl methyl sites for hydroxylation is 1. The lowest BCUT2D eigenvalue weighted by Crippen LogP contribution is -2.35. The number of carbonyl (C=O) groups is 2. The molecule has 0 aromatic heterocycles. The molecule has 0 fully saturated rings. The minimum absolute atomic E-state index is 0.00321. The molecule has 7 nitrogen and oxygen atoms in total. The third-order valence-electron chi connectivity index (χ3n) is 5.91. The van der Waals surface area contributed by atoms with Gasteiger partial charge in [0.25, 0.3) is 11.6 Å². The second kappa shape index (κ2) is 8.59. The van der Waals surface area contributed by atoms with E-state index in [1.165, 1.54) is 12.1 Å². The summed E-state index contributed by atoms with van der Waals surface area (Å²) in [4.78, 5) is 37.4. The van der Waals surface area contributed by atoms with Crippen molar-refractivity contribution in [2.45, 2.75) is 39.0 Å². The maximum Gasteiger partial charge on any atom is 0.288 e. The molecule has 0 saturated carbocycles. The Kier molecular flexibility index (Phi) is 5.84. The van der Waals surface area contributed by atoms with Crippen molar-refractivity contribution in [1.29, 1.82) is 0 Å². The monoisotopic (exact) mass is 451 g/mol. The van der Waals surface area contributed by atoms with Crippen molar-refractivity contribution < 1.29 is 14.5 Å². The van der Waals surface area contributed by atoms with E-state index in [1.807, 2.05) is 25.1 Å².